The molecule has 4 aromatic carbocycles. The molecule has 0 heterocycles. The molecule has 0 spiro atoms. The summed E-state index contributed by atoms with van der Waals surface area (Å²) in [5.41, 5.74) is -1.27. The van der Waals surface area contributed by atoms with E-state index in [1.54, 1.807) is 6.07 Å². The van der Waals surface area contributed by atoms with Crippen LogP contribution in [-0.4, -0.2) is 0 Å². The van der Waals surface area contributed by atoms with Crippen LogP contribution in [-0.2, 0) is 25.4 Å². The third kappa shape index (κ3) is 5.08. The molecule has 0 atom stereocenters. The van der Waals surface area contributed by atoms with E-state index in [0.717, 1.165) is 6.42 Å². The van der Waals surface area contributed by atoms with E-state index in [2.05, 4.69) is 0 Å². The number of benzene rings is 4. The Hall–Kier alpha value is -3.42. The molecule has 4 rings (SSSR count). The monoisotopic (exact) mass is 508 g/mol. The smallest absolute Gasteiger partial charge is 0.206 e. The summed E-state index contributed by atoms with van der Waals surface area (Å²) >= 11 is 0. The number of aryl methyl sites for hydroxylation is 3. The van der Waals surface area contributed by atoms with Crippen molar-refractivity contribution < 1.29 is 35.1 Å². The summed E-state index contributed by atoms with van der Waals surface area (Å²) in [6, 6.07) is 11.0. The molecule has 0 N–H and O–H groups in total. The number of hydrogen-bond acceptors (Lipinski definition) is 0. The third-order valence-electron chi connectivity index (χ3n) is 6.03. The van der Waals surface area contributed by atoms with Gasteiger partial charge in [0.2, 0.25) is 0 Å². The molecule has 188 valence electrons. The Labute approximate surface area is 202 Å². The van der Waals surface area contributed by atoms with Crippen LogP contribution in [0.5, 0.6) is 0 Å². The van der Waals surface area contributed by atoms with E-state index in [1.807, 2.05) is 6.92 Å². The van der Waals surface area contributed by atoms with Crippen molar-refractivity contribution in [3.05, 3.63) is 106 Å². The third-order valence-corrected chi connectivity index (χ3v) is 6.03. The van der Waals surface area contributed by atoms with E-state index >= 15 is 4.39 Å². The minimum absolute atomic E-state index is 0.0318. The van der Waals surface area contributed by atoms with Crippen molar-refractivity contribution in [3.8, 4) is 11.1 Å². The lowest BCUT2D eigenvalue weighted by atomic mass is 9.95. The zero-order chi connectivity index (χ0) is 26.2. The largest absolute Gasteiger partial charge is 0.422 e. The predicted octanol–water partition coefficient (Wildman–Crippen LogP) is 8.96. The van der Waals surface area contributed by atoms with Crippen LogP contribution in [0.1, 0.15) is 35.6 Å². The second-order valence-corrected chi connectivity index (χ2v) is 8.59. The van der Waals surface area contributed by atoms with Crippen LogP contribution < -0.4 is 0 Å². The highest BCUT2D eigenvalue weighted by atomic mass is 19.4. The second-order valence-electron chi connectivity index (χ2n) is 8.59. The lowest BCUT2D eigenvalue weighted by Crippen LogP contribution is -2.12. The second kappa shape index (κ2) is 9.91. The van der Waals surface area contributed by atoms with Gasteiger partial charge in [-0.3, -0.25) is 0 Å². The van der Waals surface area contributed by atoms with Crippen LogP contribution in [0, 0.1) is 29.1 Å². The van der Waals surface area contributed by atoms with Gasteiger partial charge in [-0.15, -0.1) is 0 Å². The summed E-state index contributed by atoms with van der Waals surface area (Å²) < 4.78 is 110. The highest BCUT2D eigenvalue weighted by molar-refractivity contribution is 5.88. The fourth-order valence-electron chi connectivity index (χ4n) is 4.34. The fraction of sp³-hybridized carbons (Fsp3) is 0.214. The molecule has 8 heteroatoms. The summed E-state index contributed by atoms with van der Waals surface area (Å²) in [5, 5.41) is 0.557. The van der Waals surface area contributed by atoms with Crippen LogP contribution in [0.25, 0.3) is 21.9 Å². The van der Waals surface area contributed by atoms with Gasteiger partial charge in [-0.25, -0.2) is 22.0 Å². The van der Waals surface area contributed by atoms with Crippen molar-refractivity contribution in [1.29, 1.82) is 0 Å². The van der Waals surface area contributed by atoms with Gasteiger partial charge in [-0.2, -0.15) is 13.2 Å². The summed E-state index contributed by atoms with van der Waals surface area (Å²) in [6.45, 7) is 1.90. The molecule has 0 fully saturated rings. The number of alkyl halides is 3. The molecule has 0 aliphatic rings. The Morgan fingerprint density at radius 3 is 1.81 bits per heavy atom. The quantitative estimate of drug-likeness (QED) is 0.228. The van der Waals surface area contributed by atoms with Gasteiger partial charge < -0.3 is 0 Å². The minimum Gasteiger partial charge on any atom is -0.206 e. The summed E-state index contributed by atoms with van der Waals surface area (Å²) in [7, 11) is 0. The van der Waals surface area contributed by atoms with Gasteiger partial charge in [0.1, 0.15) is 34.6 Å². The van der Waals surface area contributed by atoms with Crippen molar-refractivity contribution in [2.45, 2.75) is 38.8 Å². The zero-order valence-electron chi connectivity index (χ0n) is 19.0. The molecule has 0 saturated carbocycles. The van der Waals surface area contributed by atoms with Gasteiger partial charge in [0.25, 0.3) is 0 Å². The van der Waals surface area contributed by atoms with Crippen molar-refractivity contribution in [1.82, 2.24) is 0 Å². The zero-order valence-corrected chi connectivity index (χ0v) is 19.0. The van der Waals surface area contributed by atoms with Gasteiger partial charge in [0.05, 0.1) is 5.56 Å². The molecule has 0 aromatic heterocycles. The molecule has 0 radical (unpaired) electrons. The van der Waals surface area contributed by atoms with E-state index in [9.17, 15) is 30.7 Å². The maximum atomic E-state index is 15.1. The molecule has 0 nitrogen and oxygen atoms in total. The molecular weight excluding hydrogens is 488 g/mol. The minimum atomic E-state index is -5.17. The van der Waals surface area contributed by atoms with Gasteiger partial charge >= 0.3 is 6.18 Å². The van der Waals surface area contributed by atoms with Crippen LogP contribution in [0.4, 0.5) is 35.1 Å². The van der Waals surface area contributed by atoms with Crippen LogP contribution in [0.2, 0.25) is 0 Å². The number of hydrogen-bond donors (Lipinski definition) is 0. The van der Waals surface area contributed by atoms with Gasteiger partial charge in [-0.1, -0.05) is 37.6 Å². The van der Waals surface area contributed by atoms with Gasteiger partial charge in [0.15, 0.2) is 0 Å². The standard InChI is InChI=1S/C28H20F8/c1-2-3-15-10-21(29)25(22(30)11-15)19-8-9-20-18(14-19)7-6-17(27(20)33)5-4-16-12-23(31)26(24(32)13-16)28(34,35)36/h6-14H,2-5H2,1H3. The fourth-order valence-corrected chi connectivity index (χ4v) is 4.34. The average molecular weight is 508 g/mol. The Morgan fingerprint density at radius 1 is 0.639 bits per heavy atom. The van der Waals surface area contributed by atoms with E-state index in [0.29, 0.717) is 29.5 Å². The number of rotatable bonds is 6. The lowest BCUT2D eigenvalue weighted by molar-refractivity contribution is -0.142. The van der Waals surface area contributed by atoms with Crippen LogP contribution in [0.15, 0.2) is 54.6 Å². The number of halogens is 8. The average Bonchev–Trinajstić information content (AvgIpc) is 2.77. The van der Waals surface area contributed by atoms with Crippen LogP contribution in [0.3, 0.4) is 0 Å². The molecule has 0 unspecified atom stereocenters. The molecule has 0 amide bonds. The SMILES string of the molecule is CCCc1cc(F)c(-c2ccc3c(F)c(CCc4cc(F)c(C(F)(F)F)c(F)c4)ccc3c2)c(F)c1. The van der Waals surface area contributed by atoms with Crippen LogP contribution >= 0.6 is 0 Å². The summed E-state index contributed by atoms with van der Waals surface area (Å²) in [4.78, 5) is 0. The Kier molecular flexibility index (Phi) is 7.07. The maximum Gasteiger partial charge on any atom is 0.422 e. The topological polar surface area (TPSA) is 0 Å². The maximum absolute atomic E-state index is 15.1. The van der Waals surface area contributed by atoms with Gasteiger partial charge in [0, 0.05) is 5.39 Å². The lowest BCUT2D eigenvalue weighted by Gasteiger charge is -2.12. The highest BCUT2D eigenvalue weighted by Crippen LogP contribution is 2.35. The molecule has 0 bridgehead atoms. The summed E-state index contributed by atoms with van der Waals surface area (Å²) in [6.07, 6.45) is -4.04. The summed E-state index contributed by atoms with van der Waals surface area (Å²) in [5.74, 6) is -5.53. The highest BCUT2D eigenvalue weighted by Gasteiger charge is 2.37. The van der Waals surface area contributed by atoms with E-state index < -0.39 is 40.8 Å². The molecular formula is C28H20F8. The van der Waals surface area contributed by atoms with Gasteiger partial charge in [-0.05, 0) is 77.2 Å². The Morgan fingerprint density at radius 2 is 1.22 bits per heavy atom. The first kappa shape index (κ1) is 25.7. The predicted molar refractivity (Wildman–Crippen MR) is 122 cm³/mol. The molecule has 0 aliphatic carbocycles. The van der Waals surface area contributed by atoms with Crippen molar-refractivity contribution >= 4 is 10.8 Å². The molecule has 4 aromatic rings. The first-order valence-corrected chi connectivity index (χ1v) is 11.2. The number of fused-ring (bicyclic) bond motifs is 1. The normalized spacial score (nSPS) is 11.9. The first-order valence-electron chi connectivity index (χ1n) is 11.2. The van der Waals surface area contributed by atoms with E-state index in [1.165, 1.54) is 36.4 Å². The van der Waals surface area contributed by atoms with Crippen molar-refractivity contribution in [2.24, 2.45) is 0 Å². The molecule has 0 saturated heterocycles. The molecule has 36 heavy (non-hydrogen) atoms. The Bertz CT molecular complexity index is 1390. The molecule has 0 aliphatic heterocycles. The van der Waals surface area contributed by atoms with E-state index in [4.69, 9.17) is 0 Å². The van der Waals surface area contributed by atoms with Crippen molar-refractivity contribution in [3.63, 3.8) is 0 Å². The first-order chi connectivity index (χ1) is 17.0. The van der Waals surface area contributed by atoms with Crippen molar-refractivity contribution in [2.75, 3.05) is 0 Å². The Balaban J connectivity index is 1.61. The van der Waals surface area contributed by atoms with E-state index in [-0.39, 0.29) is 40.5 Å².